The second-order valence-electron chi connectivity index (χ2n) is 10.5. The molecule has 1 aromatic heterocycles. The van der Waals surface area contributed by atoms with E-state index in [1.807, 2.05) is 42.5 Å². The molecule has 7 rings (SSSR count). The number of anilines is 3. The van der Waals surface area contributed by atoms with Gasteiger partial charge in [0.05, 0.1) is 12.3 Å². The second kappa shape index (κ2) is 11.9. The van der Waals surface area contributed by atoms with Gasteiger partial charge in [-0.15, -0.1) is 0 Å². The van der Waals surface area contributed by atoms with Crippen molar-refractivity contribution in [2.45, 2.75) is 32.5 Å². The van der Waals surface area contributed by atoms with Crippen LogP contribution in [0.2, 0.25) is 0 Å². The summed E-state index contributed by atoms with van der Waals surface area (Å²) >= 11 is 0. The Labute approximate surface area is 239 Å². The van der Waals surface area contributed by atoms with Gasteiger partial charge in [0, 0.05) is 53.8 Å². The molecule has 6 bridgehead atoms. The number of amides is 1. The first-order valence-corrected chi connectivity index (χ1v) is 13.9. The number of aromatic nitrogens is 2. The number of para-hydroxylation sites is 1. The molecule has 41 heavy (non-hydrogen) atoms. The zero-order valence-corrected chi connectivity index (χ0v) is 22.9. The van der Waals surface area contributed by atoms with Gasteiger partial charge in [0.1, 0.15) is 24.2 Å². The Kier molecular flexibility index (Phi) is 7.69. The molecule has 3 aromatic carbocycles. The van der Waals surface area contributed by atoms with Crippen molar-refractivity contribution in [2.75, 3.05) is 30.8 Å². The highest BCUT2D eigenvalue weighted by molar-refractivity contribution is 5.96. The number of nitrogens with zero attached hydrogens (tertiary/aromatic N) is 2. The van der Waals surface area contributed by atoms with Crippen molar-refractivity contribution in [3.05, 3.63) is 89.6 Å². The van der Waals surface area contributed by atoms with Crippen molar-refractivity contribution in [3.63, 3.8) is 0 Å². The smallest absolute Gasteiger partial charge is 0.251 e. The number of nitrogens with one attached hydrogen (secondary N) is 2. The Morgan fingerprint density at radius 1 is 1.07 bits per heavy atom. The van der Waals surface area contributed by atoms with Gasteiger partial charge in [-0.2, -0.15) is 0 Å². The summed E-state index contributed by atoms with van der Waals surface area (Å²) in [5.74, 6) is 2.16. The largest absolute Gasteiger partial charge is 0.489 e. The minimum atomic E-state index is -0.161. The lowest BCUT2D eigenvalue weighted by molar-refractivity contribution is 0.0921. The molecule has 2 unspecified atom stereocenters. The number of nitrogen functional groups attached to an aromatic ring is 1. The van der Waals surface area contributed by atoms with Crippen molar-refractivity contribution in [3.8, 4) is 22.8 Å². The predicted octanol–water partition coefficient (Wildman–Crippen LogP) is 5.14. The molecule has 4 heterocycles. The average Bonchev–Trinajstić information content (AvgIpc) is 3.40. The molecule has 4 N–H and O–H groups in total. The molecule has 0 saturated carbocycles. The molecule has 2 atom stereocenters. The van der Waals surface area contributed by atoms with Gasteiger partial charge in [0.2, 0.25) is 5.95 Å². The molecule has 0 spiro atoms. The Hall–Kier alpha value is -4.63. The number of carbonyl (C=O) groups excluding carboxylic acids is 1. The monoisotopic (exact) mass is 551 g/mol. The molecule has 3 aliphatic rings. The van der Waals surface area contributed by atoms with Crippen molar-refractivity contribution in [1.29, 1.82) is 0 Å². The average molecular weight is 552 g/mol. The first-order chi connectivity index (χ1) is 20.0. The number of hydrogen-bond donors (Lipinski definition) is 3. The molecule has 4 aromatic rings. The molecule has 9 nitrogen and oxygen atoms in total. The van der Waals surface area contributed by atoms with E-state index in [-0.39, 0.29) is 17.9 Å². The van der Waals surface area contributed by atoms with Crippen LogP contribution >= 0.6 is 0 Å². The third kappa shape index (κ3) is 6.25. The summed E-state index contributed by atoms with van der Waals surface area (Å²) < 4.78 is 18.4. The third-order valence-electron chi connectivity index (χ3n) is 7.32. The number of hydrogen-bond acceptors (Lipinski definition) is 8. The summed E-state index contributed by atoms with van der Waals surface area (Å²) in [5, 5.41) is 6.30. The Bertz CT molecular complexity index is 1530. The molecule has 210 valence electrons. The highest BCUT2D eigenvalue weighted by Crippen LogP contribution is 2.31. The predicted molar refractivity (Wildman–Crippen MR) is 157 cm³/mol. The van der Waals surface area contributed by atoms with Crippen LogP contribution < -0.4 is 25.8 Å². The van der Waals surface area contributed by atoms with E-state index in [0.717, 1.165) is 41.2 Å². The quantitative estimate of drug-likeness (QED) is 0.300. The van der Waals surface area contributed by atoms with E-state index in [9.17, 15) is 4.79 Å². The van der Waals surface area contributed by atoms with Crippen LogP contribution in [0.25, 0.3) is 11.3 Å². The zero-order valence-electron chi connectivity index (χ0n) is 22.9. The summed E-state index contributed by atoms with van der Waals surface area (Å²) in [7, 11) is 0. The van der Waals surface area contributed by atoms with Crippen LogP contribution in [0.5, 0.6) is 11.5 Å². The Morgan fingerprint density at radius 2 is 1.98 bits per heavy atom. The van der Waals surface area contributed by atoms with Gasteiger partial charge in [-0.05, 0) is 66.4 Å². The minimum absolute atomic E-state index is 0.0461. The lowest BCUT2D eigenvalue weighted by Crippen LogP contribution is -2.28. The topological polar surface area (TPSA) is 121 Å². The van der Waals surface area contributed by atoms with Crippen LogP contribution in [0.15, 0.2) is 72.9 Å². The standard InChI is InChI=1S/C32H33N5O4/c1-20-11-13-39-18-23-14-24(7-9-29(23)40-19-25-15-21-4-2-3-5-30(21)41-25)36-32-34-12-10-28(37-32)26-8-6-22(16-27(26)33)31(38)35-17-20/h2-10,12,14,16,20,25H,11,13,15,17-19,33H2,1H3,(H,35,38)(H,34,36,37). The summed E-state index contributed by atoms with van der Waals surface area (Å²) in [5.41, 5.74) is 11.6. The number of nitrogens with two attached hydrogens (primary N) is 1. The van der Waals surface area contributed by atoms with E-state index in [1.54, 1.807) is 24.4 Å². The number of benzene rings is 3. The minimum Gasteiger partial charge on any atom is -0.489 e. The molecule has 0 fully saturated rings. The third-order valence-corrected chi connectivity index (χ3v) is 7.32. The van der Waals surface area contributed by atoms with E-state index in [0.29, 0.717) is 49.3 Å². The van der Waals surface area contributed by atoms with Crippen molar-refractivity contribution in [2.24, 2.45) is 5.92 Å². The van der Waals surface area contributed by atoms with E-state index in [1.165, 1.54) is 5.56 Å². The number of ether oxygens (including phenoxy) is 3. The summed E-state index contributed by atoms with van der Waals surface area (Å²) in [6.45, 7) is 3.97. The van der Waals surface area contributed by atoms with Crippen LogP contribution in [0.1, 0.15) is 34.8 Å². The summed E-state index contributed by atoms with van der Waals surface area (Å²) in [6.07, 6.45) is 3.24. The molecule has 3 aliphatic heterocycles. The van der Waals surface area contributed by atoms with Gasteiger partial charge >= 0.3 is 0 Å². The van der Waals surface area contributed by atoms with E-state index >= 15 is 0 Å². The van der Waals surface area contributed by atoms with E-state index in [4.69, 9.17) is 19.9 Å². The van der Waals surface area contributed by atoms with Crippen molar-refractivity contribution in [1.82, 2.24) is 15.3 Å². The molecule has 9 heteroatoms. The van der Waals surface area contributed by atoms with Gasteiger partial charge in [0.15, 0.2) is 0 Å². The number of carbonyl (C=O) groups is 1. The molecule has 0 aliphatic carbocycles. The number of fused-ring (bicyclic) bond motifs is 10. The van der Waals surface area contributed by atoms with Crippen LogP contribution in [0.3, 0.4) is 0 Å². The van der Waals surface area contributed by atoms with Crippen LogP contribution in [0, 0.1) is 5.92 Å². The fourth-order valence-corrected chi connectivity index (χ4v) is 5.01. The highest BCUT2D eigenvalue weighted by Gasteiger charge is 2.23. The van der Waals surface area contributed by atoms with Crippen LogP contribution in [0.4, 0.5) is 17.3 Å². The van der Waals surface area contributed by atoms with Gasteiger partial charge in [-0.3, -0.25) is 4.79 Å². The summed E-state index contributed by atoms with van der Waals surface area (Å²) in [4.78, 5) is 21.8. The molecule has 1 amide bonds. The first kappa shape index (κ1) is 26.6. The van der Waals surface area contributed by atoms with Crippen LogP contribution in [-0.4, -0.2) is 41.7 Å². The normalized spacial score (nSPS) is 18.6. The second-order valence-corrected chi connectivity index (χ2v) is 10.5. The maximum absolute atomic E-state index is 12.7. The van der Waals surface area contributed by atoms with Crippen LogP contribution in [-0.2, 0) is 17.8 Å². The lowest BCUT2D eigenvalue weighted by atomic mass is 10.0. The van der Waals surface area contributed by atoms with Gasteiger partial charge in [-0.1, -0.05) is 25.1 Å². The maximum Gasteiger partial charge on any atom is 0.251 e. The SMILES string of the molecule is CC1CCOCc2cc(ccc2OCC2Cc3ccccc3O2)Nc2nccc(n2)-c2ccc(cc2N)C(=O)NC1. The molecular weight excluding hydrogens is 518 g/mol. The highest BCUT2D eigenvalue weighted by atomic mass is 16.5. The van der Waals surface area contributed by atoms with Gasteiger partial charge in [0.25, 0.3) is 5.91 Å². The van der Waals surface area contributed by atoms with Crippen molar-refractivity contribution < 1.29 is 19.0 Å². The molecule has 0 saturated heterocycles. The van der Waals surface area contributed by atoms with Gasteiger partial charge < -0.3 is 30.6 Å². The fraction of sp³-hybridized carbons (Fsp3) is 0.281. The van der Waals surface area contributed by atoms with E-state index in [2.05, 4.69) is 33.6 Å². The fourth-order valence-electron chi connectivity index (χ4n) is 5.01. The number of rotatable bonds is 3. The van der Waals surface area contributed by atoms with E-state index < -0.39 is 0 Å². The Morgan fingerprint density at radius 3 is 2.85 bits per heavy atom. The Balaban J connectivity index is 1.24. The zero-order chi connectivity index (χ0) is 28.2. The molecular formula is C32H33N5O4. The first-order valence-electron chi connectivity index (χ1n) is 13.9. The van der Waals surface area contributed by atoms with Crippen molar-refractivity contribution >= 4 is 23.2 Å². The van der Waals surface area contributed by atoms with Gasteiger partial charge in [-0.25, -0.2) is 9.97 Å². The summed E-state index contributed by atoms with van der Waals surface area (Å²) in [6, 6.07) is 21.0. The molecule has 0 radical (unpaired) electrons. The maximum atomic E-state index is 12.7. The lowest BCUT2D eigenvalue weighted by Gasteiger charge is -2.17.